The van der Waals surface area contributed by atoms with Crippen molar-refractivity contribution >= 4 is 23.5 Å². The first kappa shape index (κ1) is 17.2. The van der Waals surface area contributed by atoms with Gasteiger partial charge in [0, 0.05) is 24.1 Å². The Balaban J connectivity index is 1.64. The standard InChI is InChI=1S/C19H18N4O4/c20-16-6-10(9-24)5-14(21-16)11-1-2-13-12(7-11)8-23(19(13)27)15-3-4-17(25)22-18(15)26/h1-2,5-7,15,24H,3-4,8-9H2,(H2,20,21)(H,22,25,26). The molecule has 1 aromatic carbocycles. The van der Waals surface area contributed by atoms with Crippen LogP contribution in [0, 0.1) is 0 Å². The number of nitrogen functional groups attached to an aromatic ring is 1. The zero-order valence-electron chi connectivity index (χ0n) is 14.4. The molecule has 1 atom stereocenters. The predicted octanol–water partition coefficient (Wildman–Crippen LogP) is 0.584. The molecule has 27 heavy (non-hydrogen) atoms. The van der Waals surface area contributed by atoms with Crippen LogP contribution in [0.25, 0.3) is 11.3 Å². The van der Waals surface area contributed by atoms with Gasteiger partial charge in [-0.15, -0.1) is 0 Å². The van der Waals surface area contributed by atoms with Crippen LogP contribution in [0.1, 0.15) is 34.3 Å². The van der Waals surface area contributed by atoms with Crippen molar-refractivity contribution in [2.24, 2.45) is 0 Å². The quantitative estimate of drug-likeness (QED) is 0.683. The van der Waals surface area contributed by atoms with Crippen molar-refractivity contribution in [1.29, 1.82) is 0 Å². The van der Waals surface area contributed by atoms with Crippen LogP contribution in [0.5, 0.6) is 0 Å². The Labute approximate surface area is 155 Å². The fourth-order valence-corrected chi connectivity index (χ4v) is 3.58. The minimum Gasteiger partial charge on any atom is -0.392 e. The van der Waals surface area contributed by atoms with Crippen molar-refractivity contribution < 1.29 is 19.5 Å². The van der Waals surface area contributed by atoms with Crippen LogP contribution in [0.4, 0.5) is 5.82 Å². The first-order chi connectivity index (χ1) is 13.0. The Morgan fingerprint density at radius 3 is 2.78 bits per heavy atom. The third kappa shape index (κ3) is 3.04. The molecule has 0 radical (unpaired) electrons. The van der Waals surface area contributed by atoms with Crippen LogP contribution < -0.4 is 11.1 Å². The third-order valence-corrected chi connectivity index (χ3v) is 4.91. The fourth-order valence-electron chi connectivity index (χ4n) is 3.58. The highest BCUT2D eigenvalue weighted by molar-refractivity contribution is 6.05. The first-order valence-corrected chi connectivity index (χ1v) is 8.61. The van der Waals surface area contributed by atoms with Crippen molar-refractivity contribution in [2.75, 3.05) is 5.73 Å². The summed E-state index contributed by atoms with van der Waals surface area (Å²) in [5, 5.41) is 11.6. The Kier molecular flexibility index (Phi) is 4.12. The van der Waals surface area contributed by atoms with Crippen LogP contribution in [0.3, 0.4) is 0 Å². The molecule has 0 aliphatic carbocycles. The highest BCUT2D eigenvalue weighted by atomic mass is 16.3. The molecule has 8 nitrogen and oxygen atoms in total. The summed E-state index contributed by atoms with van der Waals surface area (Å²) in [4.78, 5) is 42.0. The van der Waals surface area contributed by atoms with Gasteiger partial charge in [-0.25, -0.2) is 4.98 Å². The number of carbonyl (C=O) groups is 3. The van der Waals surface area contributed by atoms with E-state index in [0.717, 1.165) is 11.1 Å². The van der Waals surface area contributed by atoms with E-state index in [9.17, 15) is 19.5 Å². The Hall–Kier alpha value is -3.26. The van der Waals surface area contributed by atoms with E-state index in [4.69, 9.17) is 5.73 Å². The van der Waals surface area contributed by atoms with E-state index in [0.29, 0.717) is 35.6 Å². The van der Waals surface area contributed by atoms with Crippen LogP contribution in [0.15, 0.2) is 30.3 Å². The van der Waals surface area contributed by atoms with E-state index in [-0.39, 0.29) is 24.8 Å². The Morgan fingerprint density at radius 1 is 1.22 bits per heavy atom. The number of aliphatic hydroxyl groups is 1. The van der Waals surface area contributed by atoms with Crippen molar-refractivity contribution in [1.82, 2.24) is 15.2 Å². The van der Waals surface area contributed by atoms with Gasteiger partial charge in [-0.2, -0.15) is 0 Å². The number of piperidine rings is 1. The summed E-state index contributed by atoms with van der Waals surface area (Å²) in [6.07, 6.45) is 0.548. The second-order valence-electron chi connectivity index (χ2n) is 6.72. The number of aromatic nitrogens is 1. The number of nitrogens with two attached hydrogens (primary N) is 1. The molecule has 0 bridgehead atoms. The normalized spacial score (nSPS) is 19.2. The molecule has 2 aliphatic rings. The molecule has 0 spiro atoms. The van der Waals surface area contributed by atoms with Crippen LogP contribution in [-0.4, -0.2) is 38.8 Å². The second kappa shape index (κ2) is 6.48. The number of aliphatic hydroxyl groups excluding tert-OH is 1. The zero-order chi connectivity index (χ0) is 19.1. The lowest BCUT2D eigenvalue weighted by Gasteiger charge is -2.29. The minimum absolute atomic E-state index is 0.146. The van der Waals surface area contributed by atoms with Gasteiger partial charge in [0.1, 0.15) is 11.9 Å². The molecular weight excluding hydrogens is 348 g/mol. The van der Waals surface area contributed by atoms with Gasteiger partial charge in [0.2, 0.25) is 11.8 Å². The van der Waals surface area contributed by atoms with Crippen LogP contribution in [0.2, 0.25) is 0 Å². The maximum Gasteiger partial charge on any atom is 0.255 e. The number of fused-ring (bicyclic) bond motifs is 1. The highest BCUT2D eigenvalue weighted by Crippen LogP contribution is 2.31. The third-order valence-electron chi connectivity index (χ3n) is 4.91. The van der Waals surface area contributed by atoms with Gasteiger partial charge in [-0.3, -0.25) is 19.7 Å². The lowest BCUT2D eigenvalue weighted by molar-refractivity contribution is -0.136. The summed E-state index contributed by atoms with van der Waals surface area (Å²) in [7, 11) is 0. The van der Waals surface area contributed by atoms with Gasteiger partial charge in [-0.1, -0.05) is 6.07 Å². The molecule has 8 heteroatoms. The Morgan fingerprint density at radius 2 is 2.04 bits per heavy atom. The molecule has 1 saturated heterocycles. The van der Waals surface area contributed by atoms with E-state index in [1.165, 1.54) is 4.90 Å². The van der Waals surface area contributed by atoms with Gasteiger partial charge in [0.15, 0.2) is 0 Å². The maximum atomic E-state index is 12.7. The molecule has 4 N–H and O–H groups in total. The minimum atomic E-state index is -0.641. The lowest BCUT2D eigenvalue weighted by Crippen LogP contribution is -2.52. The lowest BCUT2D eigenvalue weighted by atomic mass is 10.0. The van der Waals surface area contributed by atoms with E-state index in [1.54, 1.807) is 24.3 Å². The van der Waals surface area contributed by atoms with Gasteiger partial charge in [0.25, 0.3) is 5.91 Å². The summed E-state index contributed by atoms with van der Waals surface area (Å²) in [5.41, 5.74) is 9.15. The van der Waals surface area contributed by atoms with Crippen molar-refractivity contribution in [3.63, 3.8) is 0 Å². The van der Waals surface area contributed by atoms with E-state index < -0.39 is 11.9 Å². The van der Waals surface area contributed by atoms with Gasteiger partial charge in [0.05, 0.1) is 12.3 Å². The number of hydrogen-bond acceptors (Lipinski definition) is 6. The van der Waals surface area contributed by atoms with Crippen LogP contribution in [-0.2, 0) is 22.7 Å². The van der Waals surface area contributed by atoms with E-state index in [2.05, 4.69) is 10.3 Å². The number of imide groups is 1. The molecule has 4 rings (SSSR count). The number of amides is 3. The molecule has 3 heterocycles. The smallest absolute Gasteiger partial charge is 0.255 e. The van der Waals surface area contributed by atoms with Crippen molar-refractivity contribution in [2.45, 2.75) is 32.0 Å². The van der Waals surface area contributed by atoms with Gasteiger partial charge >= 0.3 is 0 Å². The Bertz CT molecular complexity index is 972. The molecule has 1 aromatic heterocycles. The highest BCUT2D eigenvalue weighted by Gasteiger charge is 2.39. The number of benzene rings is 1. The first-order valence-electron chi connectivity index (χ1n) is 8.61. The number of nitrogens with one attached hydrogen (secondary N) is 1. The second-order valence-corrected chi connectivity index (χ2v) is 6.72. The zero-order valence-corrected chi connectivity index (χ0v) is 14.4. The molecule has 2 aromatic rings. The topological polar surface area (TPSA) is 126 Å². The maximum absolute atomic E-state index is 12.7. The largest absolute Gasteiger partial charge is 0.392 e. The van der Waals surface area contributed by atoms with Gasteiger partial charge in [-0.05, 0) is 41.8 Å². The average molecular weight is 366 g/mol. The van der Waals surface area contributed by atoms with E-state index >= 15 is 0 Å². The average Bonchev–Trinajstić information content (AvgIpc) is 2.97. The van der Waals surface area contributed by atoms with Crippen LogP contribution >= 0.6 is 0 Å². The molecule has 138 valence electrons. The molecule has 1 fully saturated rings. The number of anilines is 1. The summed E-state index contributed by atoms with van der Waals surface area (Å²) >= 11 is 0. The number of carbonyl (C=O) groups excluding carboxylic acids is 3. The summed E-state index contributed by atoms with van der Waals surface area (Å²) in [6.45, 7) is 0.149. The summed E-state index contributed by atoms with van der Waals surface area (Å²) in [5.74, 6) is -0.659. The molecule has 3 amide bonds. The monoisotopic (exact) mass is 366 g/mol. The SMILES string of the molecule is Nc1cc(CO)cc(-c2ccc3c(c2)CN(C2CCC(=O)NC2=O)C3=O)n1. The number of rotatable bonds is 3. The number of nitrogens with zero attached hydrogens (tertiary/aromatic N) is 2. The van der Waals surface area contributed by atoms with Crippen molar-refractivity contribution in [3.8, 4) is 11.3 Å². The number of hydrogen-bond donors (Lipinski definition) is 3. The molecule has 0 saturated carbocycles. The number of pyridine rings is 1. The van der Waals surface area contributed by atoms with E-state index in [1.807, 2.05) is 6.07 Å². The summed E-state index contributed by atoms with van der Waals surface area (Å²) < 4.78 is 0. The summed E-state index contributed by atoms with van der Waals surface area (Å²) in [6, 6.07) is 8.04. The van der Waals surface area contributed by atoms with Gasteiger partial charge < -0.3 is 15.7 Å². The molecular formula is C19H18N4O4. The molecule has 1 unspecified atom stereocenters. The fraction of sp³-hybridized carbons (Fsp3) is 0.263. The van der Waals surface area contributed by atoms with Crippen molar-refractivity contribution in [3.05, 3.63) is 47.0 Å². The molecule has 2 aliphatic heterocycles. The predicted molar refractivity (Wildman–Crippen MR) is 96.1 cm³/mol.